The molecule has 11 heteroatoms. The minimum atomic E-state index is -0.395. The predicted octanol–water partition coefficient (Wildman–Crippen LogP) is 4.00. The van der Waals surface area contributed by atoms with Gasteiger partial charge in [0.2, 0.25) is 0 Å². The van der Waals surface area contributed by atoms with Crippen LogP contribution in [0.2, 0.25) is 0 Å². The highest BCUT2D eigenvalue weighted by molar-refractivity contribution is 5.94. The molecule has 0 unspecified atom stereocenters. The van der Waals surface area contributed by atoms with E-state index in [9.17, 15) is 9.18 Å². The van der Waals surface area contributed by atoms with Crippen LogP contribution in [-0.4, -0.2) is 36.6 Å². The minimum Gasteiger partial charge on any atom is -0.494 e. The molecular weight excluding hydrogens is 451 g/mol. The molecule has 0 aliphatic carbocycles. The number of hydrogen-bond donors (Lipinski definition) is 3. The van der Waals surface area contributed by atoms with Gasteiger partial charge < -0.3 is 15.4 Å². The van der Waals surface area contributed by atoms with Crippen LogP contribution >= 0.6 is 0 Å². The average Bonchev–Trinajstić information content (AvgIpc) is 3.38. The number of aromatic nitrogens is 6. The van der Waals surface area contributed by atoms with Crippen molar-refractivity contribution in [2.24, 2.45) is 14.1 Å². The Morgan fingerprint density at radius 2 is 1.91 bits per heavy atom. The highest BCUT2D eigenvalue weighted by atomic mass is 19.1. The van der Waals surface area contributed by atoms with Crippen LogP contribution in [-0.2, 0) is 14.1 Å². The standard InChI is InChI=1S/C24H23FN8O2/c1-13-10-19(26-12-15(13)25)28-20-11-18(21-23(29-20)31-33(3)24(21)34)27-17-7-5-6-14(22(17)35-4)16-8-9-32(2)30-16/h5-12H,1-4H3,(H3,26,27,28,29,31). The van der Waals surface area contributed by atoms with Gasteiger partial charge >= 0.3 is 0 Å². The lowest BCUT2D eigenvalue weighted by Crippen LogP contribution is -2.12. The summed E-state index contributed by atoms with van der Waals surface area (Å²) < 4.78 is 22.5. The van der Waals surface area contributed by atoms with Gasteiger partial charge in [-0.15, -0.1) is 0 Å². The van der Waals surface area contributed by atoms with Gasteiger partial charge in [0.1, 0.15) is 22.8 Å². The lowest BCUT2D eigenvalue weighted by atomic mass is 10.1. The Morgan fingerprint density at radius 1 is 1.09 bits per heavy atom. The fourth-order valence-corrected chi connectivity index (χ4v) is 3.88. The Morgan fingerprint density at radius 3 is 2.63 bits per heavy atom. The van der Waals surface area contributed by atoms with Crippen molar-refractivity contribution in [3.05, 3.63) is 70.5 Å². The number of hydrogen-bond acceptors (Lipinski definition) is 7. The molecule has 5 aromatic rings. The lowest BCUT2D eigenvalue weighted by molar-refractivity contribution is 0.418. The van der Waals surface area contributed by atoms with Gasteiger partial charge in [-0.2, -0.15) is 5.10 Å². The summed E-state index contributed by atoms with van der Waals surface area (Å²) in [7, 11) is 5.05. The van der Waals surface area contributed by atoms with Gasteiger partial charge in [0.05, 0.1) is 30.4 Å². The number of para-hydroxylation sites is 1. The monoisotopic (exact) mass is 474 g/mol. The van der Waals surface area contributed by atoms with E-state index in [2.05, 4.69) is 30.8 Å². The number of halogens is 1. The molecule has 0 aliphatic heterocycles. The van der Waals surface area contributed by atoms with E-state index in [4.69, 9.17) is 4.74 Å². The first-order valence-electron chi connectivity index (χ1n) is 10.8. The average molecular weight is 475 g/mol. The SMILES string of the molecule is COc1c(Nc2cc(Nc3cc(C)c(F)cn3)nc3[nH]n(C)c(=O)c23)cccc1-c1ccn(C)n1. The number of rotatable bonds is 6. The molecule has 35 heavy (non-hydrogen) atoms. The summed E-state index contributed by atoms with van der Waals surface area (Å²) in [5.74, 6) is 1.03. The quantitative estimate of drug-likeness (QED) is 0.341. The summed E-state index contributed by atoms with van der Waals surface area (Å²) >= 11 is 0. The zero-order valence-corrected chi connectivity index (χ0v) is 19.5. The fraction of sp³-hybridized carbons (Fsp3) is 0.167. The smallest absolute Gasteiger partial charge is 0.277 e. The van der Waals surface area contributed by atoms with E-state index < -0.39 is 5.82 Å². The van der Waals surface area contributed by atoms with Crippen molar-refractivity contribution in [2.75, 3.05) is 17.7 Å². The second-order valence-corrected chi connectivity index (χ2v) is 8.08. The molecular formula is C24H23FN8O2. The number of aryl methyl sites for hydroxylation is 3. The van der Waals surface area contributed by atoms with Crippen molar-refractivity contribution in [2.45, 2.75) is 6.92 Å². The molecule has 0 aliphatic rings. The molecule has 3 N–H and O–H groups in total. The van der Waals surface area contributed by atoms with E-state index in [1.807, 2.05) is 37.5 Å². The highest BCUT2D eigenvalue weighted by Gasteiger charge is 2.18. The number of anilines is 4. The second-order valence-electron chi connectivity index (χ2n) is 8.08. The number of ether oxygens (including phenoxy) is 1. The van der Waals surface area contributed by atoms with Crippen LogP contribution in [0.1, 0.15) is 5.56 Å². The van der Waals surface area contributed by atoms with Crippen LogP contribution in [0.3, 0.4) is 0 Å². The van der Waals surface area contributed by atoms with E-state index >= 15 is 0 Å². The van der Waals surface area contributed by atoms with Crippen LogP contribution < -0.4 is 20.9 Å². The number of pyridine rings is 2. The van der Waals surface area contributed by atoms with Gasteiger partial charge in [0.25, 0.3) is 5.56 Å². The number of nitrogens with zero attached hydrogens (tertiary/aromatic N) is 5. The van der Waals surface area contributed by atoms with Crippen molar-refractivity contribution in [1.82, 2.24) is 29.5 Å². The van der Waals surface area contributed by atoms with Crippen molar-refractivity contribution < 1.29 is 9.13 Å². The first kappa shape index (κ1) is 22.1. The summed E-state index contributed by atoms with van der Waals surface area (Å²) in [6.07, 6.45) is 3.00. The maximum atomic E-state index is 13.7. The molecule has 178 valence electrons. The maximum Gasteiger partial charge on any atom is 0.277 e. The third kappa shape index (κ3) is 4.07. The van der Waals surface area contributed by atoms with E-state index in [0.29, 0.717) is 45.4 Å². The molecule has 4 heterocycles. The molecule has 0 fully saturated rings. The third-order valence-corrected chi connectivity index (χ3v) is 5.59. The van der Waals surface area contributed by atoms with Crippen LogP contribution in [0, 0.1) is 12.7 Å². The molecule has 10 nitrogen and oxygen atoms in total. The van der Waals surface area contributed by atoms with Crippen molar-refractivity contribution in [3.63, 3.8) is 0 Å². The molecule has 0 atom stereocenters. The highest BCUT2D eigenvalue weighted by Crippen LogP contribution is 2.38. The Hall–Kier alpha value is -4.67. The first-order chi connectivity index (χ1) is 16.8. The zero-order valence-electron chi connectivity index (χ0n) is 19.5. The summed E-state index contributed by atoms with van der Waals surface area (Å²) in [5, 5.41) is 14.2. The van der Waals surface area contributed by atoms with Crippen LogP contribution in [0.25, 0.3) is 22.3 Å². The minimum absolute atomic E-state index is 0.239. The number of methoxy groups -OCH3 is 1. The number of benzene rings is 1. The van der Waals surface area contributed by atoms with Gasteiger partial charge in [-0.3, -0.25) is 19.3 Å². The van der Waals surface area contributed by atoms with E-state index in [1.54, 1.807) is 37.9 Å². The number of aromatic amines is 1. The van der Waals surface area contributed by atoms with Gasteiger partial charge in [0, 0.05) is 31.9 Å². The zero-order chi connectivity index (χ0) is 24.7. The Bertz CT molecular complexity index is 1620. The van der Waals surface area contributed by atoms with Gasteiger partial charge in [-0.25, -0.2) is 14.4 Å². The Labute approximate surface area is 199 Å². The molecule has 0 amide bonds. The van der Waals surface area contributed by atoms with Gasteiger partial charge in [0.15, 0.2) is 11.4 Å². The molecule has 0 saturated carbocycles. The van der Waals surface area contributed by atoms with Crippen molar-refractivity contribution in [3.8, 4) is 17.0 Å². The fourth-order valence-electron chi connectivity index (χ4n) is 3.88. The number of fused-ring (bicyclic) bond motifs is 1. The summed E-state index contributed by atoms with van der Waals surface area (Å²) in [4.78, 5) is 21.5. The molecule has 0 saturated heterocycles. The molecule has 5 rings (SSSR count). The maximum absolute atomic E-state index is 13.7. The van der Waals surface area contributed by atoms with Crippen LogP contribution in [0.15, 0.2) is 53.6 Å². The molecule has 0 bridgehead atoms. The van der Waals surface area contributed by atoms with Crippen LogP contribution in [0.5, 0.6) is 5.75 Å². The summed E-state index contributed by atoms with van der Waals surface area (Å²) in [5.41, 5.74) is 3.30. The van der Waals surface area contributed by atoms with Crippen molar-refractivity contribution >= 4 is 34.0 Å². The predicted molar refractivity (Wildman–Crippen MR) is 132 cm³/mol. The molecule has 0 radical (unpaired) electrons. The largest absolute Gasteiger partial charge is 0.494 e. The van der Waals surface area contributed by atoms with E-state index in [-0.39, 0.29) is 5.56 Å². The molecule has 1 aromatic carbocycles. The van der Waals surface area contributed by atoms with Crippen LogP contribution in [0.4, 0.5) is 27.4 Å². The normalized spacial score (nSPS) is 11.1. The summed E-state index contributed by atoms with van der Waals surface area (Å²) in [6.45, 7) is 1.65. The van der Waals surface area contributed by atoms with E-state index in [1.165, 1.54) is 4.68 Å². The summed E-state index contributed by atoms with van der Waals surface area (Å²) in [6, 6.07) is 10.8. The lowest BCUT2D eigenvalue weighted by Gasteiger charge is -2.15. The Balaban J connectivity index is 1.61. The first-order valence-corrected chi connectivity index (χ1v) is 10.8. The topological polar surface area (TPSA) is 115 Å². The van der Waals surface area contributed by atoms with Gasteiger partial charge in [-0.1, -0.05) is 6.07 Å². The third-order valence-electron chi connectivity index (χ3n) is 5.59. The molecule has 0 spiro atoms. The number of H-pyrrole nitrogens is 1. The van der Waals surface area contributed by atoms with Gasteiger partial charge in [-0.05, 0) is 36.8 Å². The van der Waals surface area contributed by atoms with E-state index in [0.717, 1.165) is 17.5 Å². The second kappa shape index (κ2) is 8.60. The molecule has 4 aromatic heterocycles. The Kier molecular flexibility index (Phi) is 5.44. The van der Waals surface area contributed by atoms with Crippen molar-refractivity contribution in [1.29, 1.82) is 0 Å². The number of nitrogens with one attached hydrogen (secondary N) is 3.